The average molecular weight is 286 g/mol. The third-order valence-corrected chi connectivity index (χ3v) is 4.91. The van der Waals surface area contributed by atoms with E-state index >= 15 is 0 Å². The zero-order chi connectivity index (χ0) is 14.6. The molecule has 0 heterocycles. The first-order valence-corrected chi connectivity index (χ1v) is 7.54. The second kappa shape index (κ2) is 6.47. The van der Waals surface area contributed by atoms with E-state index in [9.17, 15) is 13.5 Å². The Bertz CT molecular complexity index is 527. The van der Waals surface area contributed by atoms with Crippen molar-refractivity contribution in [3.63, 3.8) is 0 Å². The lowest BCUT2D eigenvalue weighted by atomic mass is 10.1. The number of aliphatic hydroxyl groups is 1. The molecule has 0 aliphatic rings. The Morgan fingerprint density at radius 1 is 1.16 bits per heavy atom. The van der Waals surface area contributed by atoms with Gasteiger partial charge in [0.15, 0.2) is 0 Å². The minimum Gasteiger partial charge on any atom is -0.392 e. The lowest BCUT2D eigenvalue weighted by molar-refractivity contribution is 0.280. The van der Waals surface area contributed by atoms with Gasteiger partial charge in [0.2, 0.25) is 10.0 Å². The molecule has 0 aliphatic carbocycles. The summed E-state index contributed by atoms with van der Waals surface area (Å²) in [6, 6.07) is 4.84. The molecule has 0 aliphatic heterocycles. The Kier molecular flexibility index (Phi) is 5.49. The van der Waals surface area contributed by atoms with E-state index in [0.29, 0.717) is 18.7 Å². The highest BCUT2D eigenvalue weighted by Crippen LogP contribution is 2.18. The number of nitrogens with zero attached hydrogens (tertiary/aromatic N) is 2. The normalized spacial score (nSPS) is 12.4. The molecule has 0 amide bonds. The molecule has 0 fully saturated rings. The van der Waals surface area contributed by atoms with Crippen LogP contribution in [0.1, 0.15) is 11.1 Å². The second-order valence-electron chi connectivity index (χ2n) is 4.88. The molecule has 1 aromatic carbocycles. The first-order chi connectivity index (χ1) is 8.78. The standard InChI is InChI=1S/C13H22N2O3S/c1-11-5-6-13(9-12(11)10-16)19(17,18)15(4)8-7-14(2)3/h5-6,9,16H,7-8,10H2,1-4H3. The summed E-state index contributed by atoms with van der Waals surface area (Å²) in [5, 5.41) is 9.21. The zero-order valence-corrected chi connectivity index (χ0v) is 12.7. The van der Waals surface area contributed by atoms with Crippen LogP contribution in [0.3, 0.4) is 0 Å². The lowest BCUT2D eigenvalue weighted by Crippen LogP contribution is -2.33. The van der Waals surface area contributed by atoms with Gasteiger partial charge >= 0.3 is 0 Å². The Hall–Kier alpha value is -0.950. The summed E-state index contributed by atoms with van der Waals surface area (Å²) >= 11 is 0. The minimum absolute atomic E-state index is 0.156. The van der Waals surface area contributed by atoms with E-state index in [0.717, 1.165) is 5.56 Å². The van der Waals surface area contributed by atoms with Crippen LogP contribution in [-0.2, 0) is 16.6 Å². The molecule has 0 radical (unpaired) electrons. The molecule has 1 rings (SSSR count). The highest BCUT2D eigenvalue weighted by atomic mass is 32.2. The fourth-order valence-corrected chi connectivity index (χ4v) is 2.83. The molecule has 0 bridgehead atoms. The summed E-state index contributed by atoms with van der Waals surface area (Å²) in [6.07, 6.45) is 0. The van der Waals surface area contributed by atoms with Crippen LogP contribution in [-0.4, -0.2) is 57.0 Å². The number of aryl methyl sites for hydroxylation is 1. The maximum atomic E-state index is 12.3. The number of aliphatic hydroxyl groups excluding tert-OH is 1. The van der Waals surface area contributed by atoms with Gasteiger partial charge in [0.05, 0.1) is 11.5 Å². The Balaban J connectivity index is 2.99. The van der Waals surface area contributed by atoms with Crippen LogP contribution in [0.4, 0.5) is 0 Å². The minimum atomic E-state index is -3.49. The second-order valence-corrected chi connectivity index (χ2v) is 6.92. The maximum Gasteiger partial charge on any atom is 0.242 e. The summed E-state index contributed by atoms with van der Waals surface area (Å²) in [5.41, 5.74) is 1.53. The third-order valence-electron chi connectivity index (χ3n) is 3.06. The summed E-state index contributed by atoms with van der Waals surface area (Å²) in [7, 11) is 1.88. The molecule has 1 aromatic rings. The van der Waals surface area contributed by atoms with Crippen molar-refractivity contribution in [2.45, 2.75) is 18.4 Å². The first kappa shape index (κ1) is 16.1. The Labute approximate surface area is 115 Å². The smallest absolute Gasteiger partial charge is 0.242 e. The Morgan fingerprint density at radius 3 is 2.32 bits per heavy atom. The van der Waals surface area contributed by atoms with Gasteiger partial charge in [0, 0.05) is 20.1 Å². The molecule has 19 heavy (non-hydrogen) atoms. The van der Waals surface area contributed by atoms with Crippen LogP contribution >= 0.6 is 0 Å². The van der Waals surface area contributed by atoms with Gasteiger partial charge in [-0.15, -0.1) is 0 Å². The number of rotatable bonds is 6. The fourth-order valence-electron chi connectivity index (χ4n) is 1.62. The van der Waals surface area contributed by atoms with E-state index in [1.54, 1.807) is 19.2 Å². The summed E-state index contributed by atoms with van der Waals surface area (Å²) < 4.78 is 26.0. The molecular weight excluding hydrogens is 264 g/mol. The molecule has 6 heteroatoms. The predicted molar refractivity (Wildman–Crippen MR) is 75.5 cm³/mol. The molecule has 0 spiro atoms. The van der Waals surface area contributed by atoms with Gasteiger partial charge in [-0.2, -0.15) is 4.31 Å². The van der Waals surface area contributed by atoms with E-state index in [1.165, 1.54) is 10.4 Å². The lowest BCUT2D eigenvalue weighted by Gasteiger charge is -2.20. The van der Waals surface area contributed by atoms with Crippen molar-refractivity contribution in [3.8, 4) is 0 Å². The molecule has 0 aromatic heterocycles. The van der Waals surface area contributed by atoms with E-state index in [-0.39, 0.29) is 11.5 Å². The molecule has 108 valence electrons. The van der Waals surface area contributed by atoms with Gasteiger partial charge in [-0.1, -0.05) is 6.07 Å². The van der Waals surface area contributed by atoms with Crippen molar-refractivity contribution >= 4 is 10.0 Å². The monoisotopic (exact) mass is 286 g/mol. The van der Waals surface area contributed by atoms with E-state index in [4.69, 9.17) is 0 Å². The van der Waals surface area contributed by atoms with Crippen molar-refractivity contribution < 1.29 is 13.5 Å². The molecule has 0 atom stereocenters. The van der Waals surface area contributed by atoms with Crippen LogP contribution in [0, 0.1) is 6.92 Å². The van der Waals surface area contributed by atoms with Crippen LogP contribution < -0.4 is 0 Å². The molecule has 1 N–H and O–H groups in total. The molecule has 5 nitrogen and oxygen atoms in total. The summed E-state index contributed by atoms with van der Waals surface area (Å²) in [5.74, 6) is 0. The van der Waals surface area contributed by atoms with Crippen LogP contribution in [0.25, 0.3) is 0 Å². The van der Waals surface area contributed by atoms with Crippen molar-refractivity contribution in [2.24, 2.45) is 0 Å². The fraction of sp³-hybridized carbons (Fsp3) is 0.538. The highest BCUT2D eigenvalue weighted by molar-refractivity contribution is 7.89. The molecule has 0 unspecified atom stereocenters. The van der Waals surface area contributed by atoms with E-state index < -0.39 is 10.0 Å². The van der Waals surface area contributed by atoms with Crippen molar-refractivity contribution in [3.05, 3.63) is 29.3 Å². The van der Waals surface area contributed by atoms with Gasteiger partial charge < -0.3 is 10.0 Å². The van der Waals surface area contributed by atoms with Crippen molar-refractivity contribution in [2.75, 3.05) is 34.2 Å². The number of benzene rings is 1. The van der Waals surface area contributed by atoms with E-state index in [2.05, 4.69) is 0 Å². The molecule has 0 saturated carbocycles. The summed E-state index contributed by atoms with van der Waals surface area (Å²) in [4.78, 5) is 2.16. The third kappa shape index (κ3) is 4.01. The largest absolute Gasteiger partial charge is 0.392 e. The zero-order valence-electron chi connectivity index (χ0n) is 11.9. The Morgan fingerprint density at radius 2 is 1.79 bits per heavy atom. The topological polar surface area (TPSA) is 60.9 Å². The average Bonchev–Trinajstić information content (AvgIpc) is 2.35. The van der Waals surface area contributed by atoms with Gasteiger partial charge in [-0.05, 0) is 44.3 Å². The van der Waals surface area contributed by atoms with Crippen LogP contribution in [0.2, 0.25) is 0 Å². The van der Waals surface area contributed by atoms with Crippen molar-refractivity contribution in [1.82, 2.24) is 9.21 Å². The quantitative estimate of drug-likeness (QED) is 0.835. The van der Waals surface area contributed by atoms with Gasteiger partial charge in [0.1, 0.15) is 0 Å². The van der Waals surface area contributed by atoms with Crippen LogP contribution in [0.5, 0.6) is 0 Å². The van der Waals surface area contributed by atoms with Gasteiger partial charge in [-0.25, -0.2) is 8.42 Å². The summed E-state index contributed by atoms with van der Waals surface area (Å²) in [6.45, 7) is 2.78. The van der Waals surface area contributed by atoms with Crippen LogP contribution in [0.15, 0.2) is 23.1 Å². The van der Waals surface area contributed by atoms with Gasteiger partial charge in [-0.3, -0.25) is 0 Å². The number of likely N-dealkylation sites (N-methyl/N-ethyl adjacent to an activating group) is 2. The molecular formula is C13H22N2O3S. The highest BCUT2D eigenvalue weighted by Gasteiger charge is 2.21. The predicted octanol–water partition coefficient (Wildman–Crippen LogP) is 0.669. The first-order valence-electron chi connectivity index (χ1n) is 6.10. The van der Waals surface area contributed by atoms with Crippen molar-refractivity contribution in [1.29, 1.82) is 0 Å². The number of hydrogen-bond donors (Lipinski definition) is 1. The molecule has 0 saturated heterocycles. The maximum absolute atomic E-state index is 12.3. The number of hydrogen-bond acceptors (Lipinski definition) is 4. The van der Waals surface area contributed by atoms with Gasteiger partial charge in [0.25, 0.3) is 0 Å². The van der Waals surface area contributed by atoms with E-state index in [1.807, 2.05) is 25.9 Å². The SMILES string of the molecule is Cc1ccc(S(=O)(=O)N(C)CCN(C)C)cc1CO. The number of sulfonamides is 1.